The Labute approximate surface area is 492 Å². The number of aliphatic hydroxyl groups excluding tert-OH is 1. The van der Waals surface area contributed by atoms with Crippen LogP contribution < -0.4 is 0 Å². The molecule has 0 fully saturated rings. The smallest absolute Gasteiger partial charge is 0.462 e. The summed E-state index contributed by atoms with van der Waals surface area (Å²) in [5.74, 6) is 0.729. The molecule has 0 saturated carbocycles. The first-order valence-corrected chi connectivity index (χ1v) is 35.3. The van der Waals surface area contributed by atoms with E-state index in [1.165, 1.54) is 83.5 Å². The zero-order chi connectivity index (χ0) is 60.4. The van der Waals surface area contributed by atoms with Crippen molar-refractivity contribution in [1.82, 2.24) is 0 Å². The van der Waals surface area contributed by atoms with Crippen molar-refractivity contribution in [3.8, 4) is 0 Å². The lowest BCUT2D eigenvalue weighted by Crippen LogP contribution is -2.30. The SMILES string of the molecule is CCC(C)CCCCCCCCCCC(=O)O[C@H](COC(=O)CCCCCCCCC(C)C)COP(=O)(O)OC[C@@H](O)COP(=O)(O)OC[C@@H](COC(=O)CCCCCCCCC(C)CC)OC(=O)CCCCCCCCCC(C)C. The van der Waals surface area contributed by atoms with Crippen LogP contribution >= 0.6 is 15.6 Å². The molecule has 0 aromatic heterocycles. The largest absolute Gasteiger partial charge is 0.472 e. The summed E-state index contributed by atoms with van der Waals surface area (Å²) in [5.41, 5.74) is 0. The van der Waals surface area contributed by atoms with Crippen molar-refractivity contribution in [2.45, 2.75) is 311 Å². The molecule has 0 bridgehead atoms. The van der Waals surface area contributed by atoms with Gasteiger partial charge in [0.05, 0.1) is 26.4 Å². The van der Waals surface area contributed by atoms with Gasteiger partial charge in [0.25, 0.3) is 0 Å². The maximum absolute atomic E-state index is 12.9. The van der Waals surface area contributed by atoms with Crippen molar-refractivity contribution >= 4 is 39.5 Å². The molecule has 0 aromatic carbocycles. The predicted octanol–water partition coefficient (Wildman–Crippen LogP) is 16.6. The summed E-state index contributed by atoms with van der Waals surface area (Å²) in [6.45, 7) is 13.9. The molecule has 81 heavy (non-hydrogen) atoms. The van der Waals surface area contributed by atoms with Crippen LogP contribution in [0, 0.1) is 23.7 Å². The van der Waals surface area contributed by atoms with E-state index in [1.54, 1.807) is 0 Å². The molecule has 0 aromatic rings. The van der Waals surface area contributed by atoms with Crippen LogP contribution in [0.1, 0.15) is 293 Å². The van der Waals surface area contributed by atoms with Crippen molar-refractivity contribution in [2.24, 2.45) is 23.7 Å². The third-order valence-electron chi connectivity index (χ3n) is 14.8. The molecule has 0 saturated heterocycles. The Morgan fingerprint density at radius 1 is 0.346 bits per heavy atom. The topological polar surface area (TPSA) is 237 Å². The Kier molecular flexibility index (Phi) is 51.1. The summed E-state index contributed by atoms with van der Waals surface area (Å²) in [5, 5.41) is 10.5. The minimum absolute atomic E-state index is 0.102. The number of unbranched alkanes of at least 4 members (excludes halogenated alkanes) is 23. The van der Waals surface area contributed by atoms with Gasteiger partial charge in [-0.15, -0.1) is 0 Å². The molecule has 0 amide bonds. The van der Waals surface area contributed by atoms with E-state index in [-0.39, 0.29) is 25.7 Å². The molecule has 0 aliphatic carbocycles. The normalized spacial score (nSPS) is 15.2. The van der Waals surface area contributed by atoms with Gasteiger partial charge < -0.3 is 33.8 Å². The van der Waals surface area contributed by atoms with Gasteiger partial charge in [0.2, 0.25) is 0 Å². The van der Waals surface area contributed by atoms with E-state index in [0.29, 0.717) is 37.5 Å². The van der Waals surface area contributed by atoms with E-state index in [4.69, 9.17) is 37.0 Å². The molecule has 3 N–H and O–H groups in total. The Bertz CT molecular complexity index is 1630. The summed E-state index contributed by atoms with van der Waals surface area (Å²) < 4.78 is 67.9. The summed E-state index contributed by atoms with van der Waals surface area (Å²) in [7, 11) is -9.89. The number of ether oxygens (including phenoxy) is 4. The second-order valence-corrected chi connectivity index (χ2v) is 26.8. The third-order valence-corrected chi connectivity index (χ3v) is 16.7. The summed E-state index contributed by atoms with van der Waals surface area (Å²) in [4.78, 5) is 72.1. The molecule has 17 nitrogen and oxygen atoms in total. The second kappa shape index (κ2) is 52.4. The van der Waals surface area contributed by atoms with E-state index in [1.807, 2.05) is 0 Å². The van der Waals surface area contributed by atoms with Crippen LogP contribution in [0.2, 0.25) is 0 Å². The van der Waals surface area contributed by atoms with Gasteiger partial charge in [-0.1, -0.05) is 242 Å². The molecule has 4 unspecified atom stereocenters. The lowest BCUT2D eigenvalue weighted by Gasteiger charge is -2.21. The molecule has 7 atom stereocenters. The van der Waals surface area contributed by atoms with Crippen LogP contribution in [0.15, 0.2) is 0 Å². The number of phosphoric acid groups is 2. The van der Waals surface area contributed by atoms with Gasteiger partial charge in [0, 0.05) is 25.7 Å². The zero-order valence-electron chi connectivity index (χ0n) is 52.4. The minimum atomic E-state index is -4.94. The Balaban J connectivity index is 5.26. The van der Waals surface area contributed by atoms with Crippen LogP contribution in [0.3, 0.4) is 0 Å². The highest BCUT2D eigenvalue weighted by Crippen LogP contribution is 2.45. The van der Waals surface area contributed by atoms with E-state index in [9.17, 15) is 43.2 Å². The van der Waals surface area contributed by atoms with Gasteiger partial charge in [-0.3, -0.25) is 37.3 Å². The molecule has 480 valence electrons. The Morgan fingerprint density at radius 2 is 0.593 bits per heavy atom. The van der Waals surface area contributed by atoms with Crippen molar-refractivity contribution in [1.29, 1.82) is 0 Å². The van der Waals surface area contributed by atoms with E-state index in [2.05, 4.69) is 55.4 Å². The van der Waals surface area contributed by atoms with Gasteiger partial charge >= 0.3 is 39.5 Å². The van der Waals surface area contributed by atoms with E-state index >= 15 is 0 Å². The molecule has 0 spiro atoms. The molecule has 0 aliphatic rings. The van der Waals surface area contributed by atoms with Crippen molar-refractivity contribution < 1.29 is 80.2 Å². The van der Waals surface area contributed by atoms with Gasteiger partial charge in [0.15, 0.2) is 12.2 Å². The van der Waals surface area contributed by atoms with Crippen LogP contribution in [0.25, 0.3) is 0 Å². The standard InChI is InChI=1S/C62H120O17P2/c1-9-54(7)40-32-24-15-11-12-16-28-36-44-61(66)78-57(48-72-59(64)42-34-26-20-18-23-31-39-53(5)6)50-76-80(68,69)74-46-56(63)47-75-81(70,71)77-51-58(79-62(67)45-37-29-17-13-14-22-30-38-52(3)4)49-73-60(65)43-35-27-21-19-25-33-41-55(8)10-2/h52-58,63H,9-51H2,1-8H3,(H,68,69)(H,70,71)/t54?,55?,56-,57-,58-/m1/s1. The highest BCUT2D eigenvalue weighted by Gasteiger charge is 2.30. The first-order valence-electron chi connectivity index (χ1n) is 32.3. The number of aliphatic hydroxyl groups is 1. The molecule has 0 heterocycles. The molecule has 0 radical (unpaired) electrons. The zero-order valence-corrected chi connectivity index (χ0v) is 54.2. The molecular formula is C62H120O17P2. The number of rotatable bonds is 59. The van der Waals surface area contributed by atoms with Crippen molar-refractivity contribution in [3.63, 3.8) is 0 Å². The fraction of sp³-hybridized carbons (Fsp3) is 0.935. The first-order chi connectivity index (χ1) is 38.7. The number of hydrogen-bond acceptors (Lipinski definition) is 15. The average Bonchev–Trinajstić information content (AvgIpc) is 3.42. The molecule has 0 rings (SSSR count). The van der Waals surface area contributed by atoms with Gasteiger partial charge in [-0.05, 0) is 49.4 Å². The van der Waals surface area contributed by atoms with Crippen molar-refractivity contribution in [2.75, 3.05) is 39.6 Å². The Hall–Kier alpha value is -1.94. The number of hydrogen-bond donors (Lipinski definition) is 3. The second-order valence-electron chi connectivity index (χ2n) is 23.9. The maximum atomic E-state index is 12.9. The number of carbonyl (C=O) groups is 4. The summed E-state index contributed by atoms with van der Waals surface area (Å²) in [6.07, 6.45) is 30.9. The number of phosphoric ester groups is 2. The number of esters is 4. The average molecular weight is 1200 g/mol. The predicted molar refractivity (Wildman–Crippen MR) is 321 cm³/mol. The maximum Gasteiger partial charge on any atom is 0.472 e. The minimum Gasteiger partial charge on any atom is -0.462 e. The van der Waals surface area contributed by atoms with Crippen LogP contribution in [-0.2, 0) is 65.4 Å². The first kappa shape index (κ1) is 79.1. The monoisotopic (exact) mass is 1200 g/mol. The highest BCUT2D eigenvalue weighted by atomic mass is 31.2. The fourth-order valence-corrected chi connectivity index (χ4v) is 10.6. The van der Waals surface area contributed by atoms with Crippen LogP contribution in [0.4, 0.5) is 0 Å². The van der Waals surface area contributed by atoms with Crippen LogP contribution in [0.5, 0.6) is 0 Å². The van der Waals surface area contributed by atoms with Crippen molar-refractivity contribution in [3.05, 3.63) is 0 Å². The lowest BCUT2D eigenvalue weighted by molar-refractivity contribution is -0.161. The quantitative estimate of drug-likeness (QED) is 0.0222. The highest BCUT2D eigenvalue weighted by molar-refractivity contribution is 7.47. The van der Waals surface area contributed by atoms with Crippen LogP contribution in [-0.4, -0.2) is 96.7 Å². The van der Waals surface area contributed by atoms with Gasteiger partial charge in [0.1, 0.15) is 19.3 Å². The molecule has 0 aliphatic heterocycles. The Morgan fingerprint density at radius 3 is 0.877 bits per heavy atom. The fourth-order valence-electron chi connectivity index (χ4n) is 9.01. The summed E-state index contributed by atoms with van der Waals surface area (Å²) >= 11 is 0. The third kappa shape index (κ3) is 54.5. The van der Waals surface area contributed by atoms with Gasteiger partial charge in [-0.25, -0.2) is 9.13 Å². The molecule has 19 heteroatoms. The summed E-state index contributed by atoms with van der Waals surface area (Å²) in [6, 6.07) is 0. The van der Waals surface area contributed by atoms with E-state index < -0.39 is 97.5 Å². The van der Waals surface area contributed by atoms with E-state index in [0.717, 1.165) is 115 Å². The lowest BCUT2D eigenvalue weighted by atomic mass is 9.99. The number of carbonyl (C=O) groups excluding carboxylic acids is 4. The molecular weight excluding hydrogens is 1080 g/mol. The van der Waals surface area contributed by atoms with Gasteiger partial charge in [-0.2, -0.15) is 0 Å².